The van der Waals surface area contributed by atoms with Crippen LogP contribution in [0.4, 0.5) is 0 Å². The first-order valence-corrected chi connectivity index (χ1v) is 4.03. The molecular formula is C10H12O. The maximum absolute atomic E-state index is 10.9. The Labute approximate surface area is 66.8 Å². The molecule has 2 atom stereocenters. The first-order valence-electron chi connectivity index (χ1n) is 4.03. The zero-order valence-electron chi connectivity index (χ0n) is 6.87. The Morgan fingerprint density at radius 3 is 2.09 bits per heavy atom. The van der Waals surface area contributed by atoms with E-state index in [-0.39, 0.29) is 5.78 Å². The van der Waals surface area contributed by atoms with Gasteiger partial charge >= 0.3 is 0 Å². The Morgan fingerprint density at radius 1 is 1.18 bits per heavy atom. The second kappa shape index (κ2) is 1.84. The lowest BCUT2D eigenvalue weighted by Crippen LogP contribution is -1.92. The summed E-state index contributed by atoms with van der Waals surface area (Å²) in [7, 11) is 0. The molecule has 0 saturated heterocycles. The Kier molecular flexibility index (Phi) is 1.15. The molecule has 11 heavy (non-hydrogen) atoms. The summed E-state index contributed by atoms with van der Waals surface area (Å²) >= 11 is 0. The highest BCUT2D eigenvalue weighted by molar-refractivity contribution is 5.99. The molecule has 0 spiro atoms. The summed E-state index contributed by atoms with van der Waals surface area (Å²) in [5, 5.41) is 0. The summed E-state index contributed by atoms with van der Waals surface area (Å²) in [5.41, 5.74) is 0.397. The molecule has 1 nitrogen and oxygen atoms in total. The topological polar surface area (TPSA) is 17.1 Å². The van der Waals surface area contributed by atoms with E-state index in [9.17, 15) is 4.79 Å². The van der Waals surface area contributed by atoms with E-state index in [2.05, 4.69) is 13.8 Å². The van der Waals surface area contributed by atoms with E-state index < -0.39 is 0 Å². The van der Waals surface area contributed by atoms with Crippen LogP contribution in [0.3, 0.4) is 0 Å². The van der Waals surface area contributed by atoms with Crippen molar-refractivity contribution < 1.29 is 4.79 Å². The summed E-state index contributed by atoms with van der Waals surface area (Å²) < 4.78 is 0. The Bertz CT molecular complexity index is 234. The highest BCUT2D eigenvalue weighted by Gasteiger charge is 2.54. The number of hydrogen-bond acceptors (Lipinski definition) is 1. The molecule has 2 unspecified atom stereocenters. The third-order valence-corrected chi connectivity index (χ3v) is 2.93. The van der Waals surface area contributed by atoms with Crippen LogP contribution in [0, 0.1) is 17.3 Å². The standard InChI is InChI=1S/C10H12O/c1-10(2)8-5-3-7(11)4-6-9(8)10/h3-6,8-9H,1-2H3. The molecule has 0 radical (unpaired) electrons. The highest BCUT2D eigenvalue weighted by atomic mass is 16.1. The van der Waals surface area contributed by atoms with E-state index in [0.717, 1.165) is 0 Å². The minimum Gasteiger partial charge on any atom is -0.290 e. The molecule has 0 aromatic rings. The zero-order valence-corrected chi connectivity index (χ0v) is 6.87. The number of allylic oxidation sites excluding steroid dienone is 4. The van der Waals surface area contributed by atoms with Crippen molar-refractivity contribution in [3.05, 3.63) is 24.3 Å². The lowest BCUT2D eigenvalue weighted by Gasteiger charge is -1.97. The quantitative estimate of drug-likeness (QED) is 0.513. The molecule has 0 aliphatic heterocycles. The molecule has 1 saturated carbocycles. The molecule has 0 aromatic carbocycles. The van der Waals surface area contributed by atoms with Crippen LogP contribution < -0.4 is 0 Å². The number of carbonyl (C=O) groups excluding carboxylic acids is 1. The fourth-order valence-corrected chi connectivity index (χ4v) is 1.91. The molecule has 2 aliphatic carbocycles. The summed E-state index contributed by atoms with van der Waals surface area (Å²) in [4.78, 5) is 10.9. The van der Waals surface area contributed by atoms with Crippen molar-refractivity contribution >= 4 is 5.78 Å². The summed E-state index contributed by atoms with van der Waals surface area (Å²) in [5.74, 6) is 1.34. The monoisotopic (exact) mass is 148 g/mol. The van der Waals surface area contributed by atoms with Gasteiger partial charge in [0.25, 0.3) is 0 Å². The zero-order chi connectivity index (χ0) is 8.06. The Balaban J connectivity index is 2.27. The van der Waals surface area contributed by atoms with Crippen molar-refractivity contribution in [1.29, 1.82) is 0 Å². The van der Waals surface area contributed by atoms with Gasteiger partial charge in [0.1, 0.15) is 0 Å². The van der Waals surface area contributed by atoms with Gasteiger partial charge in [-0.15, -0.1) is 0 Å². The molecule has 0 bridgehead atoms. The van der Waals surface area contributed by atoms with Gasteiger partial charge in [0.05, 0.1) is 0 Å². The third kappa shape index (κ3) is 0.873. The van der Waals surface area contributed by atoms with Crippen molar-refractivity contribution in [3.63, 3.8) is 0 Å². The fourth-order valence-electron chi connectivity index (χ4n) is 1.91. The van der Waals surface area contributed by atoms with Gasteiger partial charge in [-0.2, -0.15) is 0 Å². The Hall–Kier alpha value is -0.850. The van der Waals surface area contributed by atoms with Gasteiger partial charge in [-0.1, -0.05) is 26.0 Å². The molecule has 0 heterocycles. The summed E-state index contributed by atoms with van der Waals surface area (Å²) in [6.07, 6.45) is 7.48. The van der Waals surface area contributed by atoms with Crippen LogP contribution in [0.1, 0.15) is 13.8 Å². The van der Waals surface area contributed by atoms with E-state index in [0.29, 0.717) is 17.3 Å². The molecule has 0 N–H and O–H groups in total. The average molecular weight is 148 g/mol. The van der Waals surface area contributed by atoms with Gasteiger partial charge < -0.3 is 0 Å². The lowest BCUT2D eigenvalue weighted by atomic mass is 10.1. The molecule has 2 rings (SSSR count). The normalized spacial score (nSPS) is 38.2. The van der Waals surface area contributed by atoms with Crippen molar-refractivity contribution in [1.82, 2.24) is 0 Å². The second-order valence-electron chi connectivity index (χ2n) is 3.99. The fraction of sp³-hybridized carbons (Fsp3) is 0.500. The number of fused-ring (bicyclic) bond motifs is 1. The van der Waals surface area contributed by atoms with Crippen LogP contribution in [0.5, 0.6) is 0 Å². The van der Waals surface area contributed by atoms with E-state index >= 15 is 0 Å². The highest BCUT2D eigenvalue weighted by Crippen LogP contribution is 2.60. The maximum Gasteiger partial charge on any atom is 0.178 e. The molecule has 2 aliphatic rings. The van der Waals surface area contributed by atoms with Gasteiger partial charge in [0, 0.05) is 0 Å². The van der Waals surface area contributed by atoms with Crippen LogP contribution >= 0.6 is 0 Å². The van der Waals surface area contributed by atoms with Gasteiger partial charge in [0.2, 0.25) is 0 Å². The van der Waals surface area contributed by atoms with E-state index in [1.165, 1.54) is 0 Å². The smallest absolute Gasteiger partial charge is 0.178 e. The molecule has 1 fully saturated rings. The Morgan fingerprint density at radius 2 is 1.64 bits per heavy atom. The average Bonchev–Trinajstić information content (AvgIpc) is 2.51. The van der Waals surface area contributed by atoms with Crippen molar-refractivity contribution in [2.24, 2.45) is 17.3 Å². The van der Waals surface area contributed by atoms with E-state index in [1.807, 2.05) is 12.2 Å². The van der Waals surface area contributed by atoms with Gasteiger partial charge in [-0.3, -0.25) is 4.79 Å². The number of rotatable bonds is 0. The lowest BCUT2D eigenvalue weighted by molar-refractivity contribution is -0.110. The minimum absolute atomic E-state index is 0.132. The van der Waals surface area contributed by atoms with Gasteiger partial charge in [0.15, 0.2) is 5.78 Å². The molecular weight excluding hydrogens is 136 g/mol. The molecule has 58 valence electrons. The largest absolute Gasteiger partial charge is 0.290 e. The van der Waals surface area contributed by atoms with E-state index in [4.69, 9.17) is 0 Å². The SMILES string of the molecule is CC1(C)C2C=CC(=O)C=CC21. The molecule has 1 heteroatoms. The van der Waals surface area contributed by atoms with Crippen molar-refractivity contribution in [3.8, 4) is 0 Å². The predicted octanol–water partition coefficient (Wildman–Crippen LogP) is 1.95. The maximum atomic E-state index is 10.9. The summed E-state index contributed by atoms with van der Waals surface area (Å²) in [6, 6.07) is 0. The van der Waals surface area contributed by atoms with Crippen LogP contribution in [0.25, 0.3) is 0 Å². The number of carbonyl (C=O) groups is 1. The number of ketones is 1. The van der Waals surface area contributed by atoms with Crippen LogP contribution in [-0.4, -0.2) is 5.78 Å². The molecule has 0 aromatic heterocycles. The first kappa shape index (κ1) is 6.84. The van der Waals surface area contributed by atoms with Gasteiger partial charge in [-0.05, 0) is 29.4 Å². The summed E-state index contributed by atoms with van der Waals surface area (Å²) in [6.45, 7) is 4.49. The minimum atomic E-state index is 0.132. The van der Waals surface area contributed by atoms with Crippen molar-refractivity contribution in [2.75, 3.05) is 0 Å². The third-order valence-electron chi connectivity index (χ3n) is 2.93. The van der Waals surface area contributed by atoms with Gasteiger partial charge in [-0.25, -0.2) is 0 Å². The number of hydrogen-bond donors (Lipinski definition) is 0. The van der Waals surface area contributed by atoms with Crippen LogP contribution in [-0.2, 0) is 4.79 Å². The van der Waals surface area contributed by atoms with Crippen molar-refractivity contribution in [2.45, 2.75) is 13.8 Å². The molecule has 0 amide bonds. The second-order valence-corrected chi connectivity index (χ2v) is 3.99. The van der Waals surface area contributed by atoms with E-state index in [1.54, 1.807) is 12.2 Å². The predicted molar refractivity (Wildman–Crippen MR) is 44.0 cm³/mol. The van der Waals surface area contributed by atoms with Crippen LogP contribution in [0.15, 0.2) is 24.3 Å². The first-order chi connectivity index (χ1) is 5.12. The van der Waals surface area contributed by atoms with Crippen LogP contribution in [0.2, 0.25) is 0 Å².